The lowest BCUT2D eigenvalue weighted by atomic mass is 10.1. The molecule has 0 aliphatic rings. The first-order chi connectivity index (χ1) is 7.11. The van der Waals surface area contributed by atoms with Gasteiger partial charge in [-0.05, 0) is 24.5 Å². The van der Waals surface area contributed by atoms with Gasteiger partial charge in [-0.15, -0.1) is 0 Å². The number of aromatic nitrogens is 2. The molecule has 0 saturated carbocycles. The van der Waals surface area contributed by atoms with Crippen molar-refractivity contribution in [1.29, 1.82) is 0 Å². The van der Waals surface area contributed by atoms with E-state index in [4.69, 9.17) is 0 Å². The molecule has 1 aromatic heterocycles. The molecule has 1 aromatic carbocycles. The molecule has 2 aromatic rings. The van der Waals surface area contributed by atoms with Crippen molar-refractivity contribution in [3.05, 3.63) is 36.0 Å². The molecule has 0 bridgehead atoms. The summed E-state index contributed by atoms with van der Waals surface area (Å²) in [6.45, 7) is 8.54. The summed E-state index contributed by atoms with van der Waals surface area (Å²) in [6.07, 6.45) is 1.78. The summed E-state index contributed by atoms with van der Waals surface area (Å²) in [5.41, 5.74) is 2.14. The first kappa shape index (κ1) is 11.6. The number of rotatable bonds is 0. The summed E-state index contributed by atoms with van der Waals surface area (Å²) >= 11 is 0. The zero-order chi connectivity index (χ0) is 11.3. The average Bonchev–Trinajstić information content (AvgIpc) is 2.18. The molecule has 1 heterocycles. The van der Waals surface area contributed by atoms with Crippen LogP contribution in [0.25, 0.3) is 10.9 Å². The molecule has 0 fully saturated rings. The summed E-state index contributed by atoms with van der Waals surface area (Å²) in [5, 5.41) is 9.04. The Kier molecular flexibility index (Phi) is 4.22. The maximum absolute atomic E-state index is 3.99. The molecule has 15 heavy (non-hydrogen) atoms. The first-order valence-corrected chi connectivity index (χ1v) is 5.28. The van der Waals surface area contributed by atoms with E-state index in [1.54, 1.807) is 6.20 Å². The van der Waals surface area contributed by atoms with E-state index < -0.39 is 0 Å². The molecule has 0 spiro atoms. The fourth-order valence-electron chi connectivity index (χ4n) is 1.14. The standard InChI is InChI=1S/C9H8N2.C4H10/c1-7-6-10-11-9-5-3-2-4-8(7)9;1-4(2)3/h2-6H,1H3;4H,1-3H3. The summed E-state index contributed by atoms with van der Waals surface area (Å²) in [4.78, 5) is 0. The molecule has 2 nitrogen and oxygen atoms in total. The van der Waals surface area contributed by atoms with Crippen molar-refractivity contribution >= 4 is 10.9 Å². The predicted molar refractivity (Wildman–Crippen MR) is 64.8 cm³/mol. The highest BCUT2D eigenvalue weighted by Gasteiger charge is 1.94. The minimum atomic E-state index is 0.833. The van der Waals surface area contributed by atoms with Crippen molar-refractivity contribution in [2.75, 3.05) is 0 Å². The van der Waals surface area contributed by atoms with Gasteiger partial charge in [-0.3, -0.25) is 0 Å². The Hall–Kier alpha value is -1.44. The van der Waals surface area contributed by atoms with Gasteiger partial charge in [0.15, 0.2) is 0 Å². The van der Waals surface area contributed by atoms with Crippen LogP contribution < -0.4 is 0 Å². The third kappa shape index (κ3) is 3.66. The van der Waals surface area contributed by atoms with E-state index in [0.717, 1.165) is 11.4 Å². The molecule has 0 aliphatic carbocycles. The van der Waals surface area contributed by atoms with Gasteiger partial charge in [-0.1, -0.05) is 39.0 Å². The Morgan fingerprint density at radius 2 is 1.67 bits per heavy atom. The highest BCUT2D eigenvalue weighted by Crippen LogP contribution is 2.12. The molecule has 0 atom stereocenters. The van der Waals surface area contributed by atoms with Gasteiger partial charge in [-0.2, -0.15) is 10.2 Å². The molecule has 0 unspecified atom stereocenters. The lowest BCUT2D eigenvalue weighted by molar-refractivity contribution is 0.737. The number of hydrogen-bond acceptors (Lipinski definition) is 2. The number of benzene rings is 1. The number of nitrogens with zero attached hydrogens (tertiary/aromatic N) is 2. The second-order valence-electron chi connectivity index (χ2n) is 4.28. The quantitative estimate of drug-likeness (QED) is 0.652. The van der Waals surface area contributed by atoms with Gasteiger partial charge >= 0.3 is 0 Å². The molecule has 0 radical (unpaired) electrons. The van der Waals surface area contributed by atoms with E-state index in [-0.39, 0.29) is 0 Å². The molecule has 0 amide bonds. The molecular formula is C13H18N2. The van der Waals surface area contributed by atoms with E-state index >= 15 is 0 Å². The van der Waals surface area contributed by atoms with Gasteiger partial charge < -0.3 is 0 Å². The van der Waals surface area contributed by atoms with Crippen LogP contribution in [0.1, 0.15) is 26.3 Å². The molecule has 2 rings (SSSR count). The largest absolute Gasteiger partial charge is 0.158 e. The van der Waals surface area contributed by atoms with Crippen LogP contribution in [-0.4, -0.2) is 10.2 Å². The van der Waals surface area contributed by atoms with Crippen molar-refractivity contribution in [2.45, 2.75) is 27.7 Å². The maximum Gasteiger partial charge on any atom is 0.0932 e. The van der Waals surface area contributed by atoms with Gasteiger partial charge in [0.2, 0.25) is 0 Å². The highest BCUT2D eigenvalue weighted by molar-refractivity contribution is 5.80. The van der Waals surface area contributed by atoms with E-state index in [9.17, 15) is 0 Å². The fourth-order valence-corrected chi connectivity index (χ4v) is 1.14. The van der Waals surface area contributed by atoms with Gasteiger partial charge in [0.05, 0.1) is 11.7 Å². The van der Waals surface area contributed by atoms with Gasteiger partial charge in [-0.25, -0.2) is 0 Å². The third-order valence-corrected chi connectivity index (χ3v) is 1.75. The topological polar surface area (TPSA) is 25.8 Å². The highest BCUT2D eigenvalue weighted by atomic mass is 15.1. The minimum absolute atomic E-state index is 0.833. The summed E-state index contributed by atoms with van der Waals surface area (Å²) in [7, 11) is 0. The van der Waals surface area contributed by atoms with Crippen LogP contribution in [0.2, 0.25) is 0 Å². The van der Waals surface area contributed by atoms with Crippen LogP contribution in [0.5, 0.6) is 0 Å². The third-order valence-electron chi connectivity index (χ3n) is 1.75. The summed E-state index contributed by atoms with van der Waals surface area (Å²) in [6, 6.07) is 8.00. The monoisotopic (exact) mass is 202 g/mol. The molecule has 2 heteroatoms. The zero-order valence-corrected chi connectivity index (χ0v) is 9.86. The van der Waals surface area contributed by atoms with Crippen molar-refractivity contribution in [3.8, 4) is 0 Å². The van der Waals surface area contributed by atoms with E-state index in [1.165, 1.54) is 10.9 Å². The van der Waals surface area contributed by atoms with Gasteiger partial charge in [0.25, 0.3) is 0 Å². The Morgan fingerprint density at radius 3 is 2.27 bits per heavy atom. The second kappa shape index (κ2) is 5.44. The SMILES string of the molecule is CC(C)C.Cc1cnnc2ccccc12. The number of aryl methyl sites for hydroxylation is 1. The molecule has 80 valence electrons. The van der Waals surface area contributed by atoms with Crippen LogP contribution in [0.4, 0.5) is 0 Å². The zero-order valence-electron chi connectivity index (χ0n) is 9.86. The maximum atomic E-state index is 3.99. The normalized spacial score (nSPS) is 9.93. The van der Waals surface area contributed by atoms with Gasteiger partial charge in [0.1, 0.15) is 0 Å². The lowest BCUT2D eigenvalue weighted by Crippen LogP contribution is -1.85. The summed E-state index contributed by atoms with van der Waals surface area (Å²) in [5.74, 6) is 0.833. The van der Waals surface area contributed by atoms with Crippen LogP contribution in [0.3, 0.4) is 0 Å². The van der Waals surface area contributed by atoms with Crippen molar-refractivity contribution in [3.63, 3.8) is 0 Å². The predicted octanol–water partition coefficient (Wildman–Crippen LogP) is 3.60. The van der Waals surface area contributed by atoms with Crippen LogP contribution in [0.15, 0.2) is 30.5 Å². The Bertz CT molecular complexity index is 414. The number of fused-ring (bicyclic) bond motifs is 1. The average molecular weight is 202 g/mol. The second-order valence-corrected chi connectivity index (χ2v) is 4.28. The Labute approximate surface area is 91.4 Å². The molecular weight excluding hydrogens is 184 g/mol. The van der Waals surface area contributed by atoms with Crippen molar-refractivity contribution < 1.29 is 0 Å². The van der Waals surface area contributed by atoms with Crippen LogP contribution in [-0.2, 0) is 0 Å². The smallest absolute Gasteiger partial charge is 0.0932 e. The van der Waals surface area contributed by atoms with Crippen molar-refractivity contribution in [1.82, 2.24) is 10.2 Å². The lowest BCUT2D eigenvalue weighted by Gasteiger charge is -1.96. The molecule has 0 aliphatic heterocycles. The van der Waals surface area contributed by atoms with Crippen molar-refractivity contribution in [2.24, 2.45) is 5.92 Å². The van der Waals surface area contributed by atoms with Crippen LogP contribution >= 0.6 is 0 Å². The first-order valence-electron chi connectivity index (χ1n) is 5.28. The Morgan fingerprint density at radius 1 is 1.07 bits per heavy atom. The van der Waals surface area contributed by atoms with Crippen LogP contribution in [0, 0.1) is 12.8 Å². The van der Waals surface area contributed by atoms with E-state index in [0.29, 0.717) is 0 Å². The number of hydrogen-bond donors (Lipinski definition) is 0. The van der Waals surface area contributed by atoms with E-state index in [1.807, 2.05) is 25.1 Å². The minimum Gasteiger partial charge on any atom is -0.158 e. The molecule has 0 N–H and O–H groups in total. The van der Waals surface area contributed by atoms with Gasteiger partial charge in [0, 0.05) is 5.39 Å². The van der Waals surface area contributed by atoms with E-state index in [2.05, 4.69) is 37.0 Å². The molecule has 0 saturated heterocycles. The summed E-state index contributed by atoms with van der Waals surface area (Å²) < 4.78 is 0. The fraction of sp³-hybridized carbons (Fsp3) is 0.385. The Balaban J connectivity index is 0.000000245.